The average Bonchev–Trinajstić information content (AvgIpc) is 3.26. The van der Waals surface area contributed by atoms with E-state index in [9.17, 15) is 14.4 Å². The molecule has 1 N–H and O–H groups in total. The van der Waals surface area contributed by atoms with E-state index in [-0.39, 0.29) is 18.2 Å². The number of aromatic nitrogens is 1. The van der Waals surface area contributed by atoms with Crippen LogP contribution in [0, 0.1) is 0 Å². The van der Waals surface area contributed by atoms with E-state index in [1.54, 1.807) is 18.3 Å². The van der Waals surface area contributed by atoms with Gasteiger partial charge in [-0.25, -0.2) is 4.79 Å². The molecule has 0 unspecified atom stereocenters. The number of nitrogens with zero attached hydrogens (tertiary/aromatic N) is 2. The number of carbonyl (C=O) groups is 3. The third-order valence-corrected chi connectivity index (χ3v) is 8.40. The number of nitrogens with one attached hydrogen (secondary N) is 1. The van der Waals surface area contributed by atoms with Gasteiger partial charge in [-0.15, -0.1) is 0 Å². The van der Waals surface area contributed by atoms with Crippen LogP contribution in [0.3, 0.4) is 0 Å². The van der Waals surface area contributed by atoms with Crippen molar-refractivity contribution in [3.63, 3.8) is 0 Å². The summed E-state index contributed by atoms with van der Waals surface area (Å²) in [6, 6.07) is 30.1. The predicted molar refractivity (Wildman–Crippen MR) is 160 cm³/mol. The zero-order chi connectivity index (χ0) is 28.9. The highest BCUT2D eigenvalue weighted by Crippen LogP contribution is 2.51. The minimum Gasteiger partial charge on any atom is -0.457 e. The molecule has 212 valence electrons. The van der Waals surface area contributed by atoms with Gasteiger partial charge in [-0.2, -0.15) is 0 Å². The Morgan fingerprint density at radius 3 is 2.36 bits per heavy atom. The summed E-state index contributed by atoms with van der Waals surface area (Å²) in [5.41, 5.74) is 3.02. The van der Waals surface area contributed by atoms with Gasteiger partial charge in [0.05, 0.1) is 18.2 Å². The van der Waals surface area contributed by atoms with Crippen LogP contribution in [-0.4, -0.2) is 34.9 Å². The van der Waals surface area contributed by atoms with Crippen molar-refractivity contribution in [3.05, 3.63) is 132 Å². The number of hydrogen-bond donors (Lipinski definition) is 1. The Labute approximate surface area is 245 Å². The van der Waals surface area contributed by atoms with Crippen molar-refractivity contribution < 1.29 is 19.1 Å². The second-order valence-corrected chi connectivity index (χ2v) is 11.0. The molecule has 1 spiro atoms. The molecule has 7 nitrogen and oxygen atoms in total. The molecule has 2 aliphatic rings. The third-order valence-electron chi connectivity index (χ3n) is 8.40. The zero-order valence-electron chi connectivity index (χ0n) is 23.3. The number of aryl methyl sites for hydroxylation is 1. The molecule has 1 aliphatic heterocycles. The highest BCUT2D eigenvalue weighted by Gasteiger charge is 2.60. The molecule has 42 heavy (non-hydrogen) atoms. The van der Waals surface area contributed by atoms with E-state index in [4.69, 9.17) is 4.74 Å². The van der Waals surface area contributed by atoms with E-state index >= 15 is 0 Å². The number of benzene rings is 3. The Hall–Kier alpha value is -4.78. The minimum absolute atomic E-state index is 0.0805. The second-order valence-electron chi connectivity index (χ2n) is 11.0. The first kappa shape index (κ1) is 27.4. The van der Waals surface area contributed by atoms with Crippen molar-refractivity contribution in [2.24, 2.45) is 0 Å². The maximum Gasteiger partial charge on any atom is 0.340 e. The summed E-state index contributed by atoms with van der Waals surface area (Å²) in [5, 5.41) is 3.21. The van der Waals surface area contributed by atoms with Crippen LogP contribution in [0.1, 0.15) is 52.7 Å². The van der Waals surface area contributed by atoms with E-state index in [0.29, 0.717) is 37.8 Å². The molecule has 3 atom stereocenters. The highest BCUT2D eigenvalue weighted by molar-refractivity contribution is 6.09. The molecular formula is C35H33N3O4. The van der Waals surface area contributed by atoms with Crippen molar-refractivity contribution in [2.45, 2.75) is 56.2 Å². The monoisotopic (exact) mass is 559 g/mol. The molecule has 0 saturated heterocycles. The lowest BCUT2D eigenvalue weighted by atomic mass is 9.65. The Bertz CT molecular complexity index is 1560. The number of pyridine rings is 1. The van der Waals surface area contributed by atoms with Gasteiger partial charge in [-0.1, -0.05) is 78.9 Å². The van der Waals surface area contributed by atoms with Gasteiger partial charge < -0.3 is 15.0 Å². The molecule has 1 fully saturated rings. The smallest absolute Gasteiger partial charge is 0.340 e. The SMILES string of the molecule is O=C(CCc1ccccc1)N[C@H]1[C@@H](OC(=O)c2cccnc2)CCC[C@]12C(=O)N(Cc1ccccc1)c1ccccc12. The van der Waals surface area contributed by atoms with Crippen molar-refractivity contribution in [1.29, 1.82) is 0 Å². The predicted octanol–water partition coefficient (Wildman–Crippen LogP) is 5.39. The van der Waals surface area contributed by atoms with Gasteiger partial charge in [-0.3, -0.25) is 14.6 Å². The van der Waals surface area contributed by atoms with Crippen LogP contribution in [0.4, 0.5) is 5.69 Å². The fourth-order valence-corrected chi connectivity index (χ4v) is 6.42. The molecule has 3 aromatic carbocycles. The number of amides is 2. The van der Waals surface area contributed by atoms with E-state index < -0.39 is 23.5 Å². The Balaban J connectivity index is 1.35. The summed E-state index contributed by atoms with van der Waals surface area (Å²) >= 11 is 0. The van der Waals surface area contributed by atoms with Crippen LogP contribution < -0.4 is 10.2 Å². The standard InChI is InChI=1S/C35H33N3O4/c39-31(20-19-25-11-3-1-4-12-25)37-32-30(42-33(40)27-15-10-22-36-23-27)18-9-21-35(32)28-16-7-8-17-29(28)38(34(35)41)24-26-13-5-2-6-14-26/h1-8,10-17,22-23,30,32H,9,18-21,24H2,(H,37,39)/t30-,32-,35+/m0/s1. The molecule has 7 heteroatoms. The maximum atomic E-state index is 14.6. The van der Waals surface area contributed by atoms with Gasteiger partial charge in [-0.05, 0) is 60.6 Å². The molecule has 1 saturated carbocycles. The number of hydrogen-bond acceptors (Lipinski definition) is 5. The number of anilines is 1. The number of fused-ring (bicyclic) bond motifs is 2. The van der Waals surface area contributed by atoms with Crippen molar-refractivity contribution in [2.75, 3.05) is 4.90 Å². The summed E-state index contributed by atoms with van der Waals surface area (Å²) in [4.78, 5) is 47.3. The first-order valence-electron chi connectivity index (χ1n) is 14.5. The van der Waals surface area contributed by atoms with Gasteiger partial charge in [0, 0.05) is 24.5 Å². The third kappa shape index (κ3) is 5.30. The quantitative estimate of drug-likeness (QED) is 0.292. The average molecular weight is 560 g/mol. The van der Waals surface area contributed by atoms with Gasteiger partial charge in [0.25, 0.3) is 0 Å². The van der Waals surface area contributed by atoms with E-state index in [2.05, 4.69) is 10.3 Å². The Kier molecular flexibility index (Phi) is 7.82. The fraction of sp³-hybridized carbons (Fsp3) is 0.257. The number of carbonyl (C=O) groups excluding carboxylic acids is 3. The van der Waals surface area contributed by atoms with Gasteiger partial charge in [0.15, 0.2) is 0 Å². The first-order valence-corrected chi connectivity index (χ1v) is 14.5. The lowest BCUT2D eigenvalue weighted by Gasteiger charge is -2.44. The summed E-state index contributed by atoms with van der Waals surface area (Å²) < 4.78 is 6.09. The summed E-state index contributed by atoms with van der Waals surface area (Å²) in [7, 11) is 0. The van der Waals surface area contributed by atoms with Crippen molar-refractivity contribution >= 4 is 23.5 Å². The lowest BCUT2D eigenvalue weighted by Crippen LogP contribution is -2.63. The molecule has 1 aromatic heterocycles. The molecule has 0 bridgehead atoms. The lowest BCUT2D eigenvalue weighted by molar-refractivity contribution is -0.131. The maximum absolute atomic E-state index is 14.6. The number of para-hydroxylation sites is 1. The highest BCUT2D eigenvalue weighted by atomic mass is 16.5. The Morgan fingerprint density at radius 2 is 1.62 bits per heavy atom. The van der Waals surface area contributed by atoms with E-state index in [0.717, 1.165) is 22.4 Å². The van der Waals surface area contributed by atoms with Crippen molar-refractivity contribution in [1.82, 2.24) is 10.3 Å². The van der Waals surface area contributed by atoms with Crippen LogP contribution in [0.2, 0.25) is 0 Å². The molecule has 0 radical (unpaired) electrons. The topological polar surface area (TPSA) is 88.6 Å². The van der Waals surface area contributed by atoms with Gasteiger partial charge >= 0.3 is 5.97 Å². The summed E-state index contributed by atoms with van der Waals surface area (Å²) in [5.74, 6) is -0.782. The summed E-state index contributed by atoms with van der Waals surface area (Å²) in [6.45, 7) is 0.410. The molecule has 4 aromatic rings. The molecule has 2 amide bonds. The number of rotatable bonds is 8. The van der Waals surface area contributed by atoms with Crippen molar-refractivity contribution in [3.8, 4) is 0 Å². The molecule has 1 aliphatic carbocycles. The number of esters is 1. The molecule has 2 heterocycles. The Morgan fingerprint density at radius 1 is 0.905 bits per heavy atom. The van der Waals surface area contributed by atoms with Gasteiger partial charge in [0.1, 0.15) is 11.5 Å². The van der Waals surface area contributed by atoms with E-state index in [1.807, 2.05) is 89.8 Å². The zero-order valence-corrected chi connectivity index (χ0v) is 23.3. The molecular weight excluding hydrogens is 526 g/mol. The van der Waals surface area contributed by atoms with Crippen LogP contribution >= 0.6 is 0 Å². The van der Waals surface area contributed by atoms with E-state index in [1.165, 1.54) is 6.20 Å². The summed E-state index contributed by atoms with van der Waals surface area (Å²) in [6.07, 6.45) is 4.93. The fourth-order valence-electron chi connectivity index (χ4n) is 6.42. The van der Waals surface area contributed by atoms with Crippen LogP contribution in [0.25, 0.3) is 0 Å². The van der Waals surface area contributed by atoms with Gasteiger partial charge in [0.2, 0.25) is 11.8 Å². The van der Waals surface area contributed by atoms with Crippen LogP contribution in [0.15, 0.2) is 109 Å². The largest absolute Gasteiger partial charge is 0.457 e. The second kappa shape index (κ2) is 12.0. The van der Waals surface area contributed by atoms with Crippen LogP contribution in [0.5, 0.6) is 0 Å². The molecule has 6 rings (SSSR count). The normalized spacial score (nSPS) is 21.1. The van der Waals surface area contributed by atoms with Crippen LogP contribution in [-0.2, 0) is 32.7 Å². The first-order chi connectivity index (χ1) is 20.6. The minimum atomic E-state index is -1.06. The number of ether oxygens (including phenoxy) is 1.